The molecule has 7 nitrogen and oxygen atoms in total. The Morgan fingerprint density at radius 2 is 1.90 bits per heavy atom. The van der Waals surface area contributed by atoms with Gasteiger partial charge in [0.1, 0.15) is 5.52 Å². The molecule has 3 atom stereocenters. The Labute approximate surface area is 287 Å². The van der Waals surface area contributed by atoms with Gasteiger partial charge in [-0.15, -0.1) is 0 Å². The normalized spacial score (nSPS) is 20.3. The fourth-order valence-electron chi connectivity index (χ4n) is 7.97. The minimum atomic E-state index is -0.511. The monoisotopic (exact) mass is 676 g/mol. The van der Waals surface area contributed by atoms with Crippen molar-refractivity contribution >= 4 is 56.6 Å². The highest BCUT2D eigenvalue weighted by molar-refractivity contribution is 6.43. The number of piperidine rings is 1. The number of benzene rings is 3. The molecule has 1 N–H and O–H groups in total. The molecule has 3 fully saturated rings. The number of nitrogens with zero attached hydrogens (tertiary/aromatic N) is 5. The average Bonchev–Trinajstić information content (AvgIpc) is 3.79. The zero-order valence-corrected chi connectivity index (χ0v) is 27.7. The number of carbonyl (C=O) groups excluding carboxylic acids is 1. The number of fused-ring (bicyclic) bond motifs is 5. The number of H-pyrrole nitrogens is 1. The summed E-state index contributed by atoms with van der Waals surface area (Å²) in [5, 5.41) is 21.0. The van der Waals surface area contributed by atoms with E-state index in [1.54, 1.807) is 24.3 Å². The van der Waals surface area contributed by atoms with E-state index in [1.165, 1.54) is 0 Å². The number of amides is 1. The predicted molar refractivity (Wildman–Crippen MR) is 185 cm³/mol. The van der Waals surface area contributed by atoms with E-state index in [0.29, 0.717) is 51.3 Å². The van der Waals surface area contributed by atoms with Crippen molar-refractivity contribution in [3.63, 3.8) is 0 Å². The first-order chi connectivity index (χ1) is 23.3. The number of hydrogen-bond donors (Lipinski definition) is 1. The van der Waals surface area contributed by atoms with Crippen molar-refractivity contribution in [2.45, 2.75) is 51.1 Å². The van der Waals surface area contributed by atoms with E-state index < -0.39 is 5.82 Å². The second-order valence-electron chi connectivity index (χ2n) is 13.3. The van der Waals surface area contributed by atoms with Gasteiger partial charge in [0, 0.05) is 70.3 Å². The maximum absolute atomic E-state index is 16.7. The fourth-order valence-corrected chi connectivity index (χ4v) is 8.36. The van der Waals surface area contributed by atoms with E-state index in [1.807, 2.05) is 31.2 Å². The van der Waals surface area contributed by atoms with Gasteiger partial charge in [0.25, 0.3) is 0 Å². The van der Waals surface area contributed by atoms with Crippen molar-refractivity contribution in [2.75, 3.05) is 18.0 Å². The van der Waals surface area contributed by atoms with Crippen molar-refractivity contribution in [2.24, 2.45) is 11.8 Å². The molecule has 2 aromatic heterocycles. The lowest BCUT2D eigenvalue weighted by Gasteiger charge is -2.34. The lowest BCUT2D eigenvalue weighted by molar-refractivity contribution is -0.135. The molecule has 4 heterocycles. The molecule has 2 saturated heterocycles. The van der Waals surface area contributed by atoms with Gasteiger partial charge in [0.15, 0.2) is 5.82 Å². The quantitative estimate of drug-likeness (QED) is 0.194. The molecular formula is C38H31Cl2FN6O. The molecule has 1 amide bonds. The van der Waals surface area contributed by atoms with Crippen molar-refractivity contribution in [3.05, 3.63) is 93.0 Å². The van der Waals surface area contributed by atoms with Crippen LogP contribution in [0.5, 0.6) is 0 Å². The van der Waals surface area contributed by atoms with Crippen LogP contribution < -0.4 is 4.90 Å². The van der Waals surface area contributed by atoms with Crippen molar-refractivity contribution < 1.29 is 9.18 Å². The molecule has 1 saturated carbocycles. The number of carbonyl (C=O) groups is 1. The van der Waals surface area contributed by atoms with Crippen LogP contribution in [0.3, 0.4) is 0 Å². The van der Waals surface area contributed by atoms with Crippen molar-refractivity contribution in [1.82, 2.24) is 14.9 Å². The Hall–Kier alpha value is -4.63. The maximum atomic E-state index is 16.7. The summed E-state index contributed by atoms with van der Waals surface area (Å²) in [6.45, 7) is 3.32. The molecule has 3 unspecified atom stereocenters. The van der Waals surface area contributed by atoms with E-state index in [2.05, 4.69) is 33.0 Å². The van der Waals surface area contributed by atoms with Crippen LogP contribution in [0.4, 0.5) is 10.1 Å². The molecule has 1 aliphatic carbocycles. The topological polar surface area (TPSA) is 99.8 Å². The zero-order chi connectivity index (χ0) is 33.3. The van der Waals surface area contributed by atoms with Gasteiger partial charge >= 0.3 is 0 Å². The SMILES string of the molecule is Cc1nc2c(F)c(-c3cccc(Cl)c3Cl)c(CCC#N)cc2c2[nH]c(C3C4CC(CN(c5cccc(C#N)c5)C4)N3C(=O)C3CC3)cc12. The van der Waals surface area contributed by atoms with E-state index in [4.69, 9.17) is 28.2 Å². The molecule has 2 bridgehead atoms. The second-order valence-corrected chi connectivity index (χ2v) is 14.1. The minimum absolute atomic E-state index is 0.0370. The minimum Gasteiger partial charge on any atom is -0.369 e. The van der Waals surface area contributed by atoms with Crippen molar-refractivity contribution in [3.8, 4) is 23.3 Å². The first-order valence-corrected chi connectivity index (χ1v) is 17.1. The summed E-state index contributed by atoms with van der Waals surface area (Å²) in [7, 11) is 0. The number of halogens is 3. The number of rotatable bonds is 6. The third kappa shape index (κ3) is 4.98. The highest BCUT2D eigenvalue weighted by Gasteiger charge is 2.51. The number of pyridine rings is 1. The Morgan fingerprint density at radius 3 is 2.67 bits per heavy atom. The van der Waals surface area contributed by atoms with Gasteiger partial charge in [-0.25, -0.2) is 9.37 Å². The summed E-state index contributed by atoms with van der Waals surface area (Å²) >= 11 is 12.9. The number of nitrogens with one attached hydrogen (secondary N) is 1. The third-order valence-corrected chi connectivity index (χ3v) is 11.1. The number of anilines is 1. The molecule has 48 heavy (non-hydrogen) atoms. The second kappa shape index (κ2) is 11.8. The molecule has 0 spiro atoms. The summed E-state index contributed by atoms with van der Waals surface area (Å²) in [5.41, 5.74) is 5.55. The van der Waals surface area contributed by atoms with Crippen LogP contribution in [0.15, 0.2) is 54.6 Å². The van der Waals surface area contributed by atoms with Crippen LogP contribution >= 0.6 is 23.2 Å². The number of aryl methyl sites for hydroxylation is 2. The summed E-state index contributed by atoms with van der Waals surface area (Å²) in [6, 6.07) is 21.1. The molecule has 8 rings (SSSR count). The van der Waals surface area contributed by atoms with E-state index in [0.717, 1.165) is 48.1 Å². The molecule has 0 radical (unpaired) electrons. The predicted octanol–water partition coefficient (Wildman–Crippen LogP) is 8.65. The van der Waals surface area contributed by atoms with Crippen LogP contribution in [0.25, 0.3) is 32.9 Å². The Morgan fingerprint density at radius 1 is 1.08 bits per heavy atom. The third-order valence-electron chi connectivity index (χ3n) is 10.3. The molecule has 240 valence electrons. The van der Waals surface area contributed by atoms with E-state index >= 15 is 4.39 Å². The molecule has 3 aromatic carbocycles. The number of aromatic nitrogens is 2. The summed E-state index contributed by atoms with van der Waals surface area (Å²) in [5.74, 6) is -0.0942. The lowest BCUT2D eigenvalue weighted by Crippen LogP contribution is -2.44. The van der Waals surface area contributed by atoms with E-state index in [9.17, 15) is 15.3 Å². The number of likely N-dealkylation sites (tertiary alicyclic amines) is 1. The summed E-state index contributed by atoms with van der Waals surface area (Å²) in [4.78, 5) is 26.8. The molecule has 10 heteroatoms. The van der Waals surface area contributed by atoms with Gasteiger partial charge in [-0.2, -0.15) is 10.5 Å². The summed E-state index contributed by atoms with van der Waals surface area (Å²) < 4.78 is 16.7. The highest BCUT2D eigenvalue weighted by Crippen LogP contribution is 2.49. The van der Waals surface area contributed by atoms with Gasteiger partial charge in [-0.05, 0) is 74.6 Å². The highest BCUT2D eigenvalue weighted by atomic mass is 35.5. The number of aromatic amines is 1. The zero-order valence-electron chi connectivity index (χ0n) is 26.2. The largest absolute Gasteiger partial charge is 0.369 e. The lowest BCUT2D eigenvalue weighted by atomic mass is 9.92. The number of nitriles is 2. The Balaban J connectivity index is 1.27. The van der Waals surface area contributed by atoms with Gasteiger partial charge in [-0.3, -0.25) is 4.79 Å². The number of hydrogen-bond acceptors (Lipinski definition) is 5. The molecule has 2 aliphatic heterocycles. The van der Waals surface area contributed by atoms with E-state index in [-0.39, 0.29) is 46.8 Å². The van der Waals surface area contributed by atoms with Gasteiger partial charge in [-0.1, -0.05) is 41.4 Å². The van der Waals surface area contributed by atoms with Gasteiger partial charge in [0.2, 0.25) is 5.91 Å². The summed E-state index contributed by atoms with van der Waals surface area (Å²) in [6.07, 6.45) is 3.24. The van der Waals surface area contributed by atoms with Gasteiger partial charge in [0.05, 0.1) is 45.3 Å². The molecule has 3 aliphatic rings. The van der Waals surface area contributed by atoms with Crippen LogP contribution in [0, 0.1) is 47.2 Å². The molecular weight excluding hydrogens is 646 g/mol. The maximum Gasteiger partial charge on any atom is 0.226 e. The van der Waals surface area contributed by atoms with Crippen LogP contribution in [0.2, 0.25) is 10.0 Å². The Bertz CT molecular complexity index is 2230. The first kappa shape index (κ1) is 30.7. The Kier molecular flexibility index (Phi) is 7.55. The standard InChI is InChI=1S/C38H31Cl2FN6O/c1-20-28-16-31(37-24-14-26(47(37)38(48)22-10-11-22)19-46(18-24)25-7-2-5-21(13-25)17-43)45-35(28)29-15-23(6-4-12-42)32(34(41)36(29)44-20)27-8-3-9-30(39)33(27)40/h2-3,5,7-9,13,15-16,22,24,26,37,45H,4,6,10-11,14,18-19H2,1H3. The molecule has 5 aromatic rings. The van der Waals surface area contributed by atoms with Crippen molar-refractivity contribution in [1.29, 1.82) is 10.5 Å². The fraction of sp³-hybridized carbons (Fsp3) is 0.316. The van der Waals surface area contributed by atoms with Crippen LogP contribution in [-0.2, 0) is 11.2 Å². The van der Waals surface area contributed by atoms with Crippen LogP contribution in [0.1, 0.15) is 54.2 Å². The smallest absolute Gasteiger partial charge is 0.226 e. The first-order valence-electron chi connectivity index (χ1n) is 16.3. The van der Waals surface area contributed by atoms with Gasteiger partial charge < -0.3 is 14.8 Å². The van der Waals surface area contributed by atoms with Crippen LogP contribution in [-0.4, -0.2) is 39.9 Å². The average molecular weight is 678 g/mol.